The van der Waals surface area contributed by atoms with Crippen molar-refractivity contribution in [1.82, 2.24) is 25.2 Å². The van der Waals surface area contributed by atoms with Crippen molar-refractivity contribution in [2.75, 3.05) is 31.1 Å². The first-order chi connectivity index (χ1) is 21.8. The Hall–Kier alpha value is -3.59. The first kappa shape index (κ1) is 29.8. The Kier molecular flexibility index (Phi) is 6.61. The number of phenolic OH excluding ortho intramolecular Hbond substituents is 1. The summed E-state index contributed by atoms with van der Waals surface area (Å²) in [5, 5.41) is 13.9. The lowest BCUT2D eigenvalue weighted by Crippen LogP contribution is -2.62. The third-order valence-corrected chi connectivity index (χ3v) is 10.5. The summed E-state index contributed by atoms with van der Waals surface area (Å²) in [6, 6.07) is 0.163. The number of pyridine rings is 1. The van der Waals surface area contributed by atoms with Gasteiger partial charge in [-0.25, -0.2) is 18.2 Å². The summed E-state index contributed by atoms with van der Waals surface area (Å²) in [5.74, 6) is -3.69. The fourth-order valence-corrected chi connectivity index (χ4v) is 8.51. The van der Waals surface area contributed by atoms with Gasteiger partial charge in [-0.05, 0) is 52.1 Å². The molecule has 2 aromatic heterocycles. The van der Waals surface area contributed by atoms with E-state index in [1.54, 1.807) is 0 Å². The van der Waals surface area contributed by atoms with E-state index in [2.05, 4.69) is 20.2 Å². The van der Waals surface area contributed by atoms with Gasteiger partial charge in [0.05, 0.1) is 17.1 Å². The van der Waals surface area contributed by atoms with E-state index in [1.165, 1.54) is 0 Å². The number of hydrogen-bond acceptors (Lipinski definition) is 9. The van der Waals surface area contributed by atoms with Crippen LogP contribution in [0.15, 0.2) is 6.07 Å². The zero-order chi connectivity index (χ0) is 32.3. The average molecular weight is 651 g/mol. The Bertz CT molecular complexity index is 1760. The van der Waals surface area contributed by atoms with Crippen LogP contribution in [0.1, 0.15) is 50.2 Å². The van der Waals surface area contributed by atoms with E-state index in [-0.39, 0.29) is 59.8 Å². The molecule has 1 aromatic carbocycles. The highest BCUT2D eigenvalue weighted by Gasteiger charge is 2.50. The molecule has 0 spiro atoms. The molecule has 246 valence electrons. The molecule has 3 aromatic rings. The second-order valence-corrected chi connectivity index (χ2v) is 13.3. The zero-order valence-corrected chi connectivity index (χ0v) is 25.1. The van der Waals surface area contributed by atoms with Crippen molar-refractivity contribution < 1.29 is 40.9 Å². The maximum absolute atomic E-state index is 16.7. The summed E-state index contributed by atoms with van der Waals surface area (Å²) in [5.41, 5.74) is -5.00. The third-order valence-electron chi connectivity index (χ3n) is 10.5. The second-order valence-electron chi connectivity index (χ2n) is 13.3. The van der Waals surface area contributed by atoms with Gasteiger partial charge in [-0.2, -0.15) is 23.1 Å². The molecule has 0 radical (unpaired) electrons. The summed E-state index contributed by atoms with van der Waals surface area (Å²) in [6.07, 6.45) is -3.04. The monoisotopic (exact) mass is 650 g/mol. The van der Waals surface area contributed by atoms with Crippen LogP contribution in [0.4, 0.5) is 32.2 Å². The smallest absolute Gasteiger partial charge is 0.417 e. The van der Waals surface area contributed by atoms with Gasteiger partial charge in [0, 0.05) is 42.7 Å². The number of nitrogens with one attached hydrogen (secondary N) is 1. The fourth-order valence-electron chi connectivity index (χ4n) is 8.51. The zero-order valence-electron chi connectivity index (χ0n) is 25.1. The van der Waals surface area contributed by atoms with Crippen LogP contribution >= 0.6 is 0 Å². The van der Waals surface area contributed by atoms with Crippen LogP contribution in [0, 0.1) is 18.6 Å². The molecule has 4 fully saturated rings. The Morgan fingerprint density at radius 1 is 1.15 bits per heavy atom. The largest absolute Gasteiger partial charge is 0.505 e. The van der Waals surface area contributed by atoms with Crippen molar-refractivity contribution in [3.63, 3.8) is 0 Å². The molecule has 2 bridgehead atoms. The van der Waals surface area contributed by atoms with Crippen molar-refractivity contribution in [3.05, 3.63) is 28.8 Å². The molecule has 7 heterocycles. The van der Waals surface area contributed by atoms with Gasteiger partial charge < -0.3 is 24.8 Å². The first-order valence-electron chi connectivity index (χ1n) is 15.6. The molecule has 9 nitrogen and oxygen atoms in total. The lowest BCUT2D eigenvalue weighted by molar-refractivity contribution is -0.137. The number of phenols is 1. The van der Waals surface area contributed by atoms with E-state index in [9.17, 15) is 27.1 Å². The number of benzene rings is 1. The van der Waals surface area contributed by atoms with E-state index >= 15 is 4.39 Å². The molecule has 6 atom stereocenters. The number of aromatic nitrogens is 3. The number of aromatic hydroxyl groups is 1. The highest BCUT2D eigenvalue weighted by Crippen LogP contribution is 2.48. The van der Waals surface area contributed by atoms with E-state index < -0.39 is 63.8 Å². The van der Waals surface area contributed by atoms with Crippen LogP contribution in [0.5, 0.6) is 17.6 Å². The summed E-state index contributed by atoms with van der Waals surface area (Å²) >= 11 is 0. The summed E-state index contributed by atoms with van der Waals surface area (Å²) in [4.78, 5) is 17.4. The fraction of sp³-hybridized carbons (Fsp3) is 0.581. The number of ether oxygens (including phenoxy) is 2. The predicted molar refractivity (Wildman–Crippen MR) is 154 cm³/mol. The minimum absolute atomic E-state index is 0.00111. The van der Waals surface area contributed by atoms with Crippen LogP contribution in [0.2, 0.25) is 0 Å². The highest BCUT2D eigenvalue weighted by atomic mass is 19.4. The summed E-state index contributed by atoms with van der Waals surface area (Å²) < 4.78 is 101. The van der Waals surface area contributed by atoms with Crippen LogP contribution < -0.4 is 19.7 Å². The molecule has 8 rings (SSSR count). The molecule has 0 aliphatic carbocycles. The maximum atomic E-state index is 16.7. The van der Waals surface area contributed by atoms with Crippen LogP contribution in [-0.4, -0.2) is 87.1 Å². The lowest BCUT2D eigenvalue weighted by atomic mass is 9.95. The molecule has 2 N–H and O–H groups in total. The number of rotatable bonds is 4. The maximum Gasteiger partial charge on any atom is 0.417 e. The van der Waals surface area contributed by atoms with E-state index in [1.807, 2.05) is 11.8 Å². The third kappa shape index (κ3) is 4.40. The van der Waals surface area contributed by atoms with Crippen molar-refractivity contribution in [3.8, 4) is 28.9 Å². The van der Waals surface area contributed by atoms with Crippen LogP contribution in [0.25, 0.3) is 22.2 Å². The SMILES string of the molecule is Cc1c(F)c(O)cc(-c2nc3c4c(nc(OC[C@@]56CCCN5C[C@H](F)C6)nc4c2F)N2C[C@H]4CC[C@H](N4)[C@H]2[C@H](C)O3)c1C(F)(F)F. The standard InChI is InChI=1S/C31H32F6N6O3/c1-13-21(31(35,36)37)17(8-19(44)22(13)33)24-23(34)25-20-27(41-29(40-25)45-12-30-6-3-7-42(30)10-15(32)9-30)43-11-16-4-5-18(38-16)26(43)14(2)46-28(20)39-24/h8,14-16,18,26,38,44H,3-7,9-12H2,1-2H3/t14-,15+,16+,18-,26+,30-/m0/s1. The minimum atomic E-state index is -5.11. The van der Waals surface area contributed by atoms with Gasteiger partial charge in [0.15, 0.2) is 17.4 Å². The highest BCUT2D eigenvalue weighted by molar-refractivity contribution is 5.97. The van der Waals surface area contributed by atoms with Gasteiger partial charge in [0.25, 0.3) is 0 Å². The van der Waals surface area contributed by atoms with Crippen molar-refractivity contribution in [1.29, 1.82) is 0 Å². The van der Waals surface area contributed by atoms with Crippen molar-refractivity contribution >= 4 is 16.7 Å². The molecule has 46 heavy (non-hydrogen) atoms. The topological polar surface area (TPSA) is 95.9 Å². The molecule has 0 saturated carbocycles. The summed E-state index contributed by atoms with van der Waals surface area (Å²) in [7, 11) is 0. The van der Waals surface area contributed by atoms with Crippen molar-refractivity contribution in [2.45, 2.75) is 88.1 Å². The normalized spacial score (nSPS) is 30.3. The van der Waals surface area contributed by atoms with Gasteiger partial charge >= 0.3 is 12.2 Å². The van der Waals surface area contributed by atoms with Gasteiger partial charge in [-0.1, -0.05) is 0 Å². The number of piperazine rings is 1. The second kappa shape index (κ2) is 10.2. The minimum Gasteiger partial charge on any atom is -0.505 e. The number of halogens is 6. The Labute approximate surface area is 259 Å². The van der Waals surface area contributed by atoms with Gasteiger partial charge in [0.2, 0.25) is 5.88 Å². The van der Waals surface area contributed by atoms with Crippen molar-refractivity contribution in [2.24, 2.45) is 0 Å². The predicted octanol–water partition coefficient (Wildman–Crippen LogP) is 5.05. The average Bonchev–Trinajstić information content (AvgIpc) is 3.63. The number of alkyl halides is 4. The van der Waals surface area contributed by atoms with Crippen LogP contribution in [0.3, 0.4) is 0 Å². The Morgan fingerprint density at radius 3 is 2.74 bits per heavy atom. The molecular formula is C31H32F6N6O3. The Balaban J connectivity index is 1.33. The van der Waals surface area contributed by atoms with Gasteiger partial charge in [-0.15, -0.1) is 0 Å². The van der Waals surface area contributed by atoms with E-state index in [0.717, 1.165) is 32.7 Å². The molecule has 15 heteroatoms. The Morgan fingerprint density at radius 2 is 1.96 bits per heavy atom. The molecule has 5 aliphatic rings. The molecule has 0 unspecified atom stereocenters. The first-order valence-corrected chi connectivity index (χ1v) is 15.6. The number of hydrogen-bond donors (Lipinski definition) is 2. The molecular weight excluding hydrogens is 618 g/mol. The van der Waals surface area contributed by atoms with E-state index in [0.29, 0.717) is 25.6 Å². The number of nitrogens with zero attached hydrogens (tertiary/aromatic N) is 5. The van der Waals surface area contributed by atoms with Gasteiger partial charge in [0.1, 0.15) is 41.3 Å². The number of anilines is 1. The van der Waals surface area contributed by atoms with E-state index in [4.69, 9.17) is 14.5 Å². The molecule has 4 saturated heterocycles. The molecule has 5 aliphatic heterocycles. The lowest BCUT2D eigenvalue weighted by Gasteiger charge is -2.42. The van der Waals surface area contributed by atoms with Crippen LogP contribution in [-0.2, 0) is 6.18 Å². The number of fused-ring (bicyclic) bond motifs is 6. The van der Waals surface area contributed by atoms with Gasteiger partial charge in [-0.3, -0.25) is 4.90 Å². The quantitative estimate of drug-likeness (QED) is 0.377. The molecule has 0 amide bonds. The summed E-state index contributed by atoms with van der Waals surface area (Å²) in [6.45, 7) is 4.25.